The molecule has 9 heteroatoms. The van der Waals surface area contributed by atoms with Crippen molar-refractivity contribution in [3.63, 3.8) is 0 Å². The van der Waals surface area contributed by atoms with Crippen molar-refractivity contribution in [2.75, 3.05) is 46.9 Å². The molecule has 3 rings (SSSR count). The van der Waals surface area contributed by atoms with Gasteiger partial charge in [0.05, 0.1) is 14.2 Å². The van der Waals surface area contributed by atoms with Gasteiger partial charge in [0.1, 0.15) is 0 Å². The molecule has 1 N–H and O–H groups in total. The number of para-hydroxylation sites is 1. The lowest BCUT2D eigenvalue weighted by molar-refractivity contribution is -0.192. The molecule has 1 aromatic rings. The summed E-state index contributed by atoms with van der Waals surface area (Å²) in [7, 11) is 3.42. The van der Waals surface area contributed by atoms with Gasteiger partial charge in [0.2, 0.25) is 0 Å². The molecule has 0 radical (unpaired) electrons. The Labute approximate surface area is 169 Å². The van der Waals surface area contributed by atoms with Crippen LogP contribution in [0.1, 0.15) is 24.8 Å². The maximum absolute atomic E-state index is 10.6. The fraction of sp³-hybridized carbons (Fsp3) is 0.650. The van der Waals surface area contributed by atoms with Crippen LogP contribution in [0.3, 0.4) is 0 Å². The first-order valence-electron chi connectivity index (χ1n) is 9.69. The van der Waals surface area contributed by atoms with E-state index in [1.807, 2.05) is 12.1 Å². The van der Waals surface area contributed by atoms with Crippen molar-refractivity contribution < 1.29 is 32.5 Å². The number of carbonyl (C=O) groups is 1. The van der Waals surface area contributed by atoms with Gasteiger partial charge in [0.25, 0.3) is 0 Å². The lowest BCUT2D eigenvalue weighted by Crippen LogP contribution is -2.47. The third kappa shape index (κ3) is 7.08. The Morgan fingerprint density at radius 1 is 1.10 bits per heavy atom. The molecular weight excluding hydrogens is 389 g/mol. The van der Waals surface area contributed by atoms with Crippen LogP contribution in [0.5, 0.6) is 11.5 Å². The molecule has 1 aliphatic carbocycles. The highest BCUT2D eigenvalue weighted by molar-refractivity contribution is 5.73. The Balaban J connectivity index is 0.000000370. The number of carboxylic acid groups (broad SMARTS) is 1. The molecule has 1 saturated heterocycles. The first kappa shape index (κ1) is 23.3. The summed E-state index contributed by atoms with van der Waals surface area (Å²) in [6.07, 6.45) is -0.747. The average molecular weight is 418 g/mol. The van der Waals surface area contributed by atoms with Gasteiger partial charge in [-0.1, -0.05) is 18.6 Å². The van der Waals surface area contributed by atoms with Gasteiger partial charge in [0.15, 0.2) is 11.5 Å². The SMILES string of the molecule is COc1cccc(CN2CCN(CC3CCC3)CC2)c1OC.O=C(O)C(F)(F)F. The summed E-state index contributed by atoms with van der Waals surface area (Å²) in [4.78, 5) is 14.1. The van der Waals surface area contributed by atoms with Gasteiger partial charge < -0.3 is 19.5 Å². The second-order valence-electron chi connectivity index (χ2n) is 7.33. The molecule has 0 bridgehead atoms. The molecule has 29 heavy (non-hydrogen) atoms. The minimum absolute atomic E-state index is 0.823. The normalized spacial score (nSPS) is 18.4. The number of halogens is 3. The fourth-order valence-corrected chi connectivity index (χ4v) is 3.49. The highest BCUT2D eigenvalue weighted by atomic mass is 19.4. The molecule has 1 heterocycles. The van der Waals surface area contributed by atoms with Crippen LogP contribution in [0.4, 0.5) is 13.2 Å². The summed E-state index contributed by atoms with van der Waals surface area (Å²) in [5, 5.41) is 7.12. The number of carboxylic acids is 1. The van der Waals surface area contributed by atoms with Crippen molar-refractivity contribution in [1.82, 2.24) is 9.80 Å². The molecule has 2 aliphatic rings. The number of methoxy groups -OCH3 is 2. The van der Waals surface area contributed by atoms with E-state index in [4.69, 9.17) is 19.4 Å². The maximum atomic E-state index is 10.6. The molecule has 0 atom stereocenters. The fourth-order valence-electron chi connectivity index (χ4n) is 3.49. The van der Waals surface area contributed by atoms with Gasteiger partial charge in [-0.05, 0) is 24.8 Å². The standard InChI is InChI=1S/C18H28N2O2.C2HF3O2/c1-21-17-8-4-7-16(18(17)22-2)14-20-11-9-19(10-12-20)13-15-5-3-6-15;3-2(4,5)1(6)7/h4,7-8,15H,3,5-6,9-14H2,1-2H3;(H,6,7). The molecule has 0 spiro atoms. The number of nitrogens with zero attached hydrogens (tertiary/aromatic N) is 2. The summed E-state index contributed by atoms with van der Waals surface area (Å²) in [6.45, 7) is 6.94. The average Bonchev–Trinajstić information content (AvgIpc) is 2.65. The van der Waals surface area contributed by atoms with Crippen LogP contribution in [0.25, 0.3) is 0 Å². The van der Waals surface area contributed by atoms with E-state index in [9.17, 15) is 13.2 Å². The first-order chi connectivity index (χ1) is 13.7. The van der Waals surface area contributed by atoms with Crippen LogP contribution in [0.15, 0.2) is 18.2 Å². The summed E-state index contributed by atoms with van der Waals surface area (Å²) < 4.78 is 42.7. The smallest absolute Gasteiger partial charge is 0.490 e. The molecule has 2 fully saturated rings. The van der Waals surface area contributed by atoms with Gasteiger partial charge in [-0.2, -0.15) is 13.2 Å². The third-order valence-electron chi connectivity index (χ3n) is 5.33. The molecule has 0 unspecified atom stereocenters. The van der Waals surface area contributed by atoms with Crippen molar-refractivity contribution in [2.45, 2.75) is 32.0 Å². The van der Waals surface area contributed by atoms with Gasteiger partial charge in [-0.25, -0.2) is 4.79 Å². The predicted molar refractivity (Wildman–Crippen MR) is 102 cm³/mol. The molecular formula is C20H29F3N2O4. The zero-order valence-corrected chi connectivity index (χ0v) is 16.9. The Bertz CT molecular complexity index is 658. The third-order valence-corrected chi connectivity index (χ3v) is 5.33. The first-order valence-corrected chi connectivity index (χ1v) is 9.69. The molecule has 1 saturated carbocycles. The Hall–Kier alpha value is -2.00. The van der Waals surface area contributed by atoms with Gasteiger partial charge in [-0.3, -0.25) is 4.90 Å². The summed E-state index contributed by atoms with van der Waals surface area (Å²) in [5.74, 6) is -0.0805. The number of hydrogen-bond acceptors (Lipinski definition) is 5. The number of aliphatic carboxylic acids is 1. The summed E-state index contributed by atoms with van der Waals surface area (Å²) in [6, 6.07) is 6.14. The van der Waals surface area contributed by atoms with Crippen LogP contribution < -0.4 is 9.47 Å². The number of ether oxygens (including phenoxy) is 2. The molecule has 6 nitrogen and oxygen atoms in total. The summed E-state index contributed by atoms with van der Waals surface area (Å²) in [5.41, 5.74) is 1.22. The van der Waals surface area contributed by atoms with E-state index in [0.717, 1.165) is 37.1 Å². The zero-order valence-electron chi connectivity index (χ0n) is 16.9. The second kappa shape index (κ2) is 10.7. The number of piperazine rings is 1. The van der Waals surface area contributed by atoms with E-state index in [1.165, 1.54) is 44.5 Å². The number of benzene rings is 1. The van der Waals surface area contributed by atoms with Crippen molar-refractivity contribution in [2.24, 2.45) is 5.92 Å². The van der Waals surface area contributed by atoms with Crippen LogP contribution in [0, 0.1) is 5.92 Å². The lowest BCUT2D eigenvalue weighted by Gasteiger charge is -2.38. The van der Waals surface area contributed by atoms with Crippen LogP contribution in [-0.2, 0) is 11.3 Å². The highest BCUT2D eigenvalue weighted by Gasteiger charge is 2.38. The van der Waals surface area contributed by atoms with Gasteiger partial charge in [-0.15, -0.1) is 0 Å². The number of alkyl halides is 3. The van der Waals surface area contributed by atoms with E-state index >= 15 is 0 Å². The highest BCUT2D eigenvalue weighted by Crippen LogP contribution is 2.32. The van der Waals surface area contributed by atoms with Crippen LogP contribution in [0.2, 0.25) is 0 Å². The maximum Gasteiger partial charge on any atom is 0.490 e. The quantitative estimate of drug-likeness (QED) is 0.765. The van der Waals surface area contributed by atoms with E-state index in [2.05, 4.69) is 15.9 Å². The largest absolute Gasteiger partial charge is 0.493 e. The van der Waals surface area contributed by atoms with Crippen LogP contribution >= 0.6 is 0 Å². The van der Waals surface area contributed by atoms with Gasteiger partial charge in [0, 0.05) is 44.8 Å². The lowest BCUT2D eigenvalue weighted by atomic mass is 9.85. The minimum Gasteiger partial charge on any atom is -0.493 e. The Morgan fingerprint density at radius 2 is 1.69 bits per heavy atom. The molecule has 1 aliphatic heterocycles. The van der Waals surface area contributed by atoms with Crippen molar-refractivity contribution in [3.05, 3.63) is 23.8 Å². The topological polar surface area (TPSA) is 62.2 Å². The Morgan fingerprint density at radius 3 is 2.14 bits per heavy atom. The zero-order chi connectivity index (χ0) is 21.4. The van der Waals surface area contributed by atoms with Gasteiger partial charge >= 0.3 is 12.1 Å². The number of rotatable bonds is 6. The summed E-state index contributed by atoms with van der Waals surface area (Å²) >= 11 is 0. The van der Waals surface area contributed by atoms with Crippen LogP contribution in [-0.4, -0.2) is 74.0 Å². The van der Waals surface area contributed by atoms with E-state index in [0.29, 0.717) is 0 Å². The second-order valence-corrected chi connectivity index (χ2v) is 7.33. The van der Waals surface area contributed by atoms with Crippen molar-refractivity contribution >= 4 is 5.97 Å². The molecule has 1 aromatic carbocycles. The minimum atomic E-state index is -5.08. The molecule has 0 aromatic heterocycles. The van der Waals surface area contributed by atoms with E-state index in [-0.39, 0.29) is 0 Å². The monoisotopic (exact) mass is 418 g/mol. The van der Waals surface area contributed by atoms with Crippen molar-refractivity contribution in [3.8, 4) is 11.5 Å². The molecule has 0 amide bonds. The predicted octanol–water partition coefficient (Wildman–Crippen LogP) is 3.25. The Kier molecular flexibility index (Phi) is 8.58. The van der Waals surface area contributed by atoms with E-state index < -0.39 is 12.1 Å². The molecule has 164 valence electrons. The number of hydrogen-bond donors (Lipinski definition) is 1. The van der Waals surface area contributed by atoms with Crippen molar-refractivity contribution in [1.29, 1.82) is 0 Å². The van der Waals surface area contributed by atoms with E-state index in [1.54, 1.807) is 14.2 Å².